The van der Waals surface area contributed by atoms with Gasteiger partial charge in [0.2, 0.25) is 0 Å². The van der Waals surface area contributed by atoms with E-state index < -0.39 is 6.10 Å². The number of hydrogen-bond donors (Lipinski definition) is 2. The molecule has 0 amide bonds. The Hall–Kier alpha value is -2.19. The van der Waals surface area contributed by atoms with Crippen molar-refractivity contribution in [1.82, 2.24) is 15.1 Å². The Morgan fingerprint density at radius 1 is 0.968 bits per heavy atom. The molecule has 0 bridgehead atoms. The molecule has 0 unspecified atom stereocenters. The third-order valence-corrected chi connectivity index (χ3v) is 5.61. The largest absolute Gasteiger partial charge is 0.493 e. The van der Waals surface area contributed by atoms with Crippen LogP contribution in [0, 0.1) is 5.82 Å². The number of methoxy groups -OCH3 is 1. The first-order valence-electron chi connectivity index (χ1n) is 10.9. The molecule has 1 heterocycles. The van der Waals surface area contributed by atoms with E-state index in [-0.39, 0.29) is 12.4 Å². The Labute approximate surface area is 184 Å². The van der Waals surface area contributed by atoms with Crippen molar-refractivity contribution in [3.63, 3.8) is 0 Å². The topological polar surface area (TPSA) is 57.2 Å². The van der Waals surface area contributed by atoms with Crippen LogP contribution in [-0.2, 0) is 13.1 Å². The summed E-state index contributed by atoms with van der Waals surface area (Å²) in [6, 6.07) is 12.3. The molecule has 1 aliphatic rings. The average Bonchev–Trinajstić information content (AvgIpc) is 2.80. The molecule has 6 nitrogen and oxygen atoms in total. The van der Waals surface area contributed by atoms with Crippen molar-refractivity contribution in [2.75, 3.05) is 53.0 Å². The van der Waals surface area contributed by atoms with Crippen LogP contribution in [0.25, 0.3) is 0 Å². The van der Waals surface area contributed by atoms with Gasteiger partial charge in [-0.25, -0.2) is 4.39 Å². The Balaban J connectivity index is 1.44. The molecule has 3 rings (SSSR count). The molecule has 0 aromatic heterocycles. The van der Waals surface area contributed by atoms with Crippen LogP contribution in [0.1, 0.15) is 18.1 Å². The minimum Gasteiger partial charge on any atom is -0.493 e. The van der Waals surface area contributed by atoms with Crippen molar-refractivity contribution in [2.45, 2.75) is 26.1 Å². The first-order chi connectivity index (χ1) is 15.1. The molecule has 2 aromatic rings. The van der Waals surface area contributed by atoms with E-state index in [0.717, 1.165) is 43.9 Å². The van der Waals surface area contributed by atoms with Gasteiger partial charge >= 0.3 is 0 Å². The number of nitrogens with one attached hydrogen (secondary N) is 1. The number of aliphatic hydroxyl groups excluding tert-OH is 1. The van der Waals surface area contributed by atoms with Crippen LogP contribution in [0.3, 0.4) is 0 Å². The number of ether oxygens (including phenoxy) is 2. The van der Waals surface area contributed by atoms with E-state index >= 15 is 0 Å². The van der Waals surface area contributed by atoms with Gasteiger partial charge in [0, 0.05) is 45.8 Å². The summed E-state index contributed by atoms with van der Waals surface area (Å²) in [5.74, 6) is 1.04. The number of nitrogens with zero attached hydrogens (tertiary/aromatic N) is 2. The molecule has 31 heavy (non-hydrogen) atoms. The molecule has 2 aromatic carbocycles. The zero-order valence-electron chi connectivity index (χ0n) is 18.5. The second-order valence-corrected chi connectivity index (χ2v) is 7.91. The molecule has 170 valence electrons. The van der Waals surface area contributed by atoms with Crippen LogP contribution in [0.2, 0.25) is 0 Å². The Bertz CT molecular complexity index is 795. The summed E-state index contributed by atoms with van der Waals surface area (Å²) >= 11 is 0. The van der Waals surface area contributed by atoms with E-state index in [9.17, 15) is 9.50 Å². The molecule has 0 aliphatic carbocycles. The van der Waals surface area contributed by atoms with Crippen molar-refractivity contribution in [1.29, 1.82) is 0 Å². The van der Waals surface area contributed by atoms with E-state index in [4.69, 9.17) is 9.47 Å². The zero-order valence-corrected chi connectivity index (χ0v) is 18.5. The highest BCUT2D eigenvalue weighted by atomic mass is 19.1. The summed E-state index contributed by atoms with van der Waals surface area (Å²) in [5.41, 5.74) is 2.08. The maximum atomic E-state index is 13.0. The Kier molecular flexibility index (Phi) is 9.09. The summed E-state index contributed by atoms with van der Waals surface area (Å²) in [5, 5.41) is 13.7. The number of aliphatic hydroxyl groups is 1. The van der Waals surface area contributed by atoms with Gasteiger partial charge in [-0.15, -0.1) is 0 Å². The normalized spacial score (nSPS) is 16.3. The SMILES string of the molecule is CCN1CCN(C[C@H](O)COc2ccc(CNCc3ccc(F)cc3)cc2OC)CC1. The number of benzene rings is 2. The van der Waals surface area contributed by atoms with E-state index in [1.807, 2.05) is 18.2 Å². The van der Waals surface area contributed by atoms with E-state index in [1.165, 1.54) is 12.1 Å². The number of hydrogen-bond acceptors (Lipinski definition) is 6. The van der Waals surface area contributed by atoms with Crippen LogP contribution < -0.4 is 14.8 Å². The van der Waals surface area contributed by atoms with Crippen molar-refractivity contribution in [3.8, 4) is 11.5 Å². The van der Waals surface area contributed by atoms with Crippen LogP contribution in [0.5, 0.6) is 11.5 Å². The summed E-state index contributed by atoms with van der Waals surface area (Å²) in [7, 11) is 1.61. The second kappa shape index (κ2) is 12.0. The highest BCUT2D eigenvalue weighted by Gasteiger charge is 2.19. The van der Waals surface area contributed by atoms with Crippen LogP contribution in [-0.4, -0.2) is 74.0 Å². The minimum atomic E-state index is -0.546. The van der Waals surface area contributed by atoms with Gasteiger partial charge in [0.15, 0.2) is 11.5 Å². The number of likely N-dealkylation sites (N-methyl/N-ethyl adjacent to an activating group) is 1. The van der Waals surface area contributed by atoms with Gasteiger partial charge in [-0.1, -0.05) is 25.1 Å². The molecule has 0 saturated carbocycles. The fraction of sp³-hybridized carbons (Fsp3) is 0.500. The number of β-amino-alcohol motifs (C(OH)–C–C–N with tert-alkyl or cyclic N) is 1. The van der Waals surface area contributed by atoms with Crippen molar-refractivity contribution >= 4 is 0 Å². The van der Waals surface area contributed by atoms with Gasteiger partial charge in [0.25, 0.3) is 0 Å². The summed E-state index contributed by atoms with van der Waals surface area (Å²) in [6.45, 7) is 9.47. The lowest BCUT2D eigenvalue weighted by atomic mass is 10.2. The van der Waals surface area contributed by atoms with E-state index in [2.05, 4.69) is 22.0 Å². The van der Waals surface area contributed by atoms with Gasteiger partial charge in [0.05, 0.1) is 7.11 Å². The van der Waals surface area contributed by atoms with Crippen molar-refractivity contribution < 1.29 is 19.0 Å². The lowest BCUT2D eigenvalue weighted by Crippen LogP contribution is -2.49. The zero-order chi connectivity index (χ0) is 22.1. The second-order valence-electron chi connectivity index (χ2n) is 7.91. The fourth-order valence-corrected chi connectivity index (χ4v) is 3.72. The molecule has 2 N–H and O–H groups in total. The molecule has 1 saturated heterocycles. The third-order valence-electron chi connectivity index (χ3n) is 5.61. The smallest absolute Gasteiger partial charge is 0.161 e. The van der Waals surface area contributed by atoms with Gasteiger partial charge in [0.1, 0.15) is 18.5 Å². The lowest BCUT2D eigenvalue weighted by Gasteiger charge is -2.34. The van der Waals surface area contributed by atoms with Crippen LogP contribution in [0.4, 0.5) is 4.39 Å². The number of halogens is 1. The maximum absolute atomic E-state index is 13.0. The van der Waals surface area contributed by atoms with Crippen LogP contribution in [0.15, 0.2) is 42.5 Å². The predicted molar refractivity (Wildman–Crippen MR) is 120 cm³/mol. The molecule has 7 heteroatoms. The lowest BCUT2D eigenvalue weighted by molar-refractivity contribution is 0.0464. The van der Waals surface area contributed by atoms with Crippen LogP contribution >= 0.6 is 0 Å². The van der Waals surface area contributed by atoms with E-state index in [1.54, 1.807) is 19.2 Å². The van der Waals surface area contributed by atoms with Gasteiger partial charge in [-0.3, -0.25) is 4.90 Å². The Morgan fingerprint density at radius 2 is 1.61 bits per heavy atom. The highest BCUT2D eigenvalue weighted by Crippen LogP contribution is 2.28. The molecule has 0 spiro atoms. The van der Waals surface area contributed by atoms with Gasteiger partial charge < -0.3 is 24.8 Å². The monoisotopic (exact) mass is 431 g/mol. The van der Waals surface area contributed by atoms with Crippen molar-refractivity contribution in [3.05, 3.63) is 59.4 Å². The molecular formula is C24H34FN3O3. The number of piperazine rings is 1. The maximum Gasteiger partial charge on any atom is 0.161 e. The summed E-state index contributed by atoms with van der Waals surface area (Å²) in [4.78, 5) is 4.70. The van der Waals surface area contributed by atoms with Gasteiger partial charge in [-0.05, 0) is 41.9 Å². The quantitative estimate of drug-likeness (QED) is 0.570. The standard InChI is InChI=1S/C24H34FN3O3/c1-3-27-10-12-28(13-11-27)17-22(29)18-31-23-9-6-20(14-24(23)30-2)16-26-15-19-4-7-21(25)8-5-19/h4-9,14,22,26,29H,3,10-13,15-18H2,1-2H3/t22-/m0/s1. The average molecular weight is 432 g/mol. The van der Waals surface area contributed by atoms with E-state index in [0.29, 0.717) is 31.1 Å². The molecule has 0 radical (unpaired) electrons. The minimum absolute atomic E-state index is 0.228. The Morgan fingerprint density at radius 3 is 2.29 bits per heavy atom. The molecule has 1 aliphatic heterocycles. The van der Waals surface area contributed by atoms with Crippen molar-refractivity contribution in [2.24, 2.45) is 0 Å². The molecular weight excluding hydrogens is 397 g/mol. The highest BCUT2D eigenvalue weighted by molar-refractivity contribution is 5.43. The van der Waals surface area contributed by atoms with Gasteiger partial charge in [-0.2, -0.15) is 0 Å². The third kappa shape index (κ3) is 7.47. The number of rotatable bonds is 11. The first kappa shape index (κ1) is 23.5. The summed E-state index contributed by atoms with van der Waals surface area (Å²) < 4.78 is 24.3. The fourth-order valence-electron chi connectivity index (χ4n) is 3.72. The molecule has 1 fully saturated rings. The first-order valence-corrected chi connectivity index (χ1v) is 10.9. The molecule has 1 atom stereocenters. The summed E-state index contributed by atoms with van der Waals surface area (Å²) in [6.07, 6.45) is -0.546. The predicted octanol–water partition coefficient (Wildman–Crippen LogP) is 2.50.